The van der Waals surface area contributed by atoms with Crippen molar-refractivity contribution in [1.29, 1.82) is 0 Å². The Morgan fingerprint density at radius 1 is 1.02 bits per heavy atom. The Morgan fingerprint density at radius 3 is 2.46 bits per heavy atom. The van der Waals surface area contributed by atoms with Gasteiger partial charge in [0.25, 0.3) is 0 Å². The fourth-order valence-corrected chi connectivity index (χ4v) is 5.89. The summed E-state index contributed by atoms with van der Waals surface area (Å²) in [6, 6.07) is 16.1. The van der Waals surface area contributed by atoms with E-state index in [1.54, 1.807) is 17.4 Å². The lowest BCUT2D eigenvalue weighted by Gasteiger charge is -2.22. The van der Waals surface area contributed by atoms with Gasteiger partial charge in [0.05, 0.1) is 21.1 Å². The second-order valence-corrected chi connectivity index (χ2v) is 12.6. The number of ketones is 2. The Balaban J connectivity index is 1.77. The zero-order valence-electron chi connectivity index (χ0n) is 25.2. The minimum absolute atomic E-state index is 0.0454. The number of allylic oxidation sites excluding steroid dienone is 1. The third-order valence-corrected chi connectivity index (χ3v) is 8.14. The molecule has 1 amide bonds. The van der Waals surface area contributed by atoms with E-state index >= 15 is 0 Å². The molecule has 0 unspecified atom stereocenters. The van der Waals surface area contributed by atoms with Gasteiger partial charge in [-0.05, 0) is 68.6 Å². The first kappa shape index (κ1) is 32.4. The number of nitrogens with zero attached hydrogens (tertiary/aromatic N) is 2. The summed E-state index contributed by atoms with van der Waals surface area (Å²) in [6.07, 6.45) is 6.82. The number of Topliss-reactive ketones (excluding diaryl/α,β-unsaturated/α-hetero) is 1. The average molecular weight is 576 g/mol. The molecule has 41 heavy (non-hydrogen) atoms. The molecule has 0 spiro atoms. The van der Waals surface area contributed by atoms with Crippen LogP contribution in [-0.4, -0.2) is 54.0 Å². The number of benzene rings is 2. The first-order chi connectivity index (χ1) is 19.6. The van der Waals surface area contributed by atoms with Crippen molar-refractivity contribution >= 4 is 39.0 Å². The van der Waals surface area contributed by atoms with E-state index in [4.69, 9.17) is 4.98 Å². The maximum absolute atomic E-state index is 13.7. The molecule has 0 saturated heterocycles. The minimum Gasteiger partial charge on any atom is -0.353 e. The Kier molecular flexibility index (Phi) is 12.9. The van der Waals surface area contributed by atoms with Crippen molar-refractivity contribution < 1.29 is 14.4 Å². The molecule has 2 atom stereocenters. The number of amides is 1. The summed E-state index contributed by atoms with van der Waals surface area (Å²) in [5.41, 5.74) is 3.28. The number of fused-ring (bicyclic) bond motifs is 1. The van der Waals surface area contributed by atoms with Crippen molar-refractivity contribution in [1.82, 2.24) is 15.2 Å². The zero-order chi connectivity index (χ0) is 29.8. The van der Waals surface area contributed by atoms with Crippen molar-refractivity contribution in [2.45, 2.75) is 77.7 Å². The first-order valence-corrected chi connectivity index (χ1v) is 15.6. The lowest BCUT2D eigenvalue weighted by molar-refractivity contribution is -0.130. The van der Waals surface area contributed by atoms with E-state index in [0.29, 0.717) is 44.6 Å². The normalized spacial score (nSPS) is 13.2. The molecular formula is C34H45N3O3S. The number of likely N-dealkylation sites (N-methyl/N-ethyl adjacent to an activating group) is 1. The second kappa shape index (κ2) is 16.3. The molecule has 220 valence electrons. The predicted octanol–water partition coefficient (Wildman–Crippen LogP) is 6.53. The van der Waals surface area contributed by atoms with Gasteiger partial charge >= 0.3 is 0 Å². The quantitative estimate of drug-likeness (QED) is 0.185. The molecule has 3 rings (SSSR count). The van der Waals surface area contributed by atoms with Crippen molar-refractivity contribution in [2.75, 3.05) is 20.6 Å². The van der Waals surface area contributed by atoms with E-state index in [2.05, 4.69) is 31.3 Å². The van der Waals surface area contributed by atoms with Crippen molar-refractivity contribution in [2.24, 2.45) is 5.92 Å². The van der Waals surface area contributed by atoms with Crippen LogP contribution in [0.2, 0.25) is 0 Å². The molecule has 6 nitrogen and oxygen atoms in total. The molecule has 0 bridgehead atoms. The highest BCUT2D eigenvalue weighted by Crippen LogP contribution is 2.28. The molecule has 0 aliphatic heterocycles. The highest BCUT2D eigenvalue weighted by atomic mass is 32.1. The molecular weight excluding hydrogens is 530 g/mol. The lowest BCUT2D eigenvalue weighted by Crippen LogP contribution is -2.41. The standard InChI is InChI=1S/C34H45N3O3S/c1-6-11-30(39)21-27(23-33-36-31-18-15-26(24(2)3)22-32(31)41-33)34(40)35-28(20-25-12-8-7-9-13-25)16-17-29(38)14-10-19-37(4)5/h7-10,12-15,18,22,24,27-28H,6,11,16-17,19-21,23H2,1-5H3,(H,35,40)/b14-10+/t27-,28+/m0/s1. The highest BCUT2D eigenvalue weighted by Gasteiger charge is 2.26. The van der Waals surface area contributed by atoms with Gasteiger partial charge in [0, 0.05) is 38.3 Å². The van der Waals surface area contributed by atoms with Crippen LogP contribution in [0.25, 0.3) is 10.2 Å². The van der Waals surface area contributed by atoms with Gasteiger partial charge in [0.1, 0.15) is 5.78 Å². The molecule has 0 radical (unpaired) electrons. The summed E-state index contributed by atoms with van der Waals surface area (Å²) < 4.78 is 1.10. The third-order valence-electron chi connectivity index (χ3n) is 7.10. The molecule has 2 aromatic carbocycles. The van der Waals surface area contributed by atoms with Crippen LogP contribution in [0.1, 0.15) is 74.9 Å². The number of hydrogen-bond donors (Lipinski definition) is 1. The summed E-state index contributed by atoms with van der Waals surface area (Å²) in [5.74, 6) is -0.0888. The summed E-state index contributed by atoms with van der Waals surface area (Å²) >= 11 is 1.60. The van der Waals surface area contributed by atoms with Crippen molar-refractivity contribution in [3.63, 3.8) is 0 Å². The predicted molar refractivity (Wildman–Crippen MR) is 169 cm³/mol. The maximum atomic E-state index is 13.7. The van der Waals surface area contributed by atoms with Gasteiger partial charge in [0.15, 0.2) is 5.78 Å². The molecule has 0 aliphatic carbocycles. The molecule has 7 heteroatoms. The van der Waals surface area contributed by atoms with Gasteiger partial charge in [0.2, 0.25) is 5.91 Å². The van der Waals surface area contributed by atoms with E-state index in [9.17, 15) is 14.4 Å². The molecule has 3 aromatic rings. The topological polar surface area (TPSA) is 79.4 Å². The SMILES string of the molecule is CCCC(=O)C[C@@H](Cc1nc2ccc(C(C)C)cc2s1)C(=O)N[C@H](CCC(=O)/C=C/CN(C)C)Cc1ccccc1. The van der Waals surface area contributed by atoms with Crippen LogP contribution >= 0.6 is 11.3 Å². The number of hydrogen-bond acceptors (Lipinski definition) is 6. The zero-order valence-corrected chi connectivity index (χ0v) is 26.0. The monoisotopic (exact) mass is 575 g/mol. The fraction of sp³-hybridized carbons (Fsp3) is 0.471. The molecule has 1 N–H and O–H groups in total. The highest BCUT2D eigenvalue weighted by molar-refractivity contribution is 7.18. The Labute approximate surface area is 249 Å². The number of thiazole rings is 1. The number of carbonyl (C=O) groups is 3. The van der Waals surface area contributed by atoms with Crippen LogP contribution in [0.15, 0.2) is 60.7 Å². The van der Waals surface area contributed by atoms with Crippen molar-refractivity contribution in [3.05, 3.63) is 76.8 Å². The lowest BCUT2D eigenvalue weighted by atomic mass is 9.94. The van der Waals surface area contributed by atoms with E-state index in [1.807, 2.05) is 68.4 Å². The van der Waals surface area contributed by atoms with Crippen LogP contribution in [0, 0.1) is 5.92 Å². The number of rotatable bonds is 17. The second-order valence-electron chi connectivity index (χ2n) is 11.4. The van der Waals surface area contributed by atoms with Gasteiger partial charge in [-0.3, -0.25) is 14.4 Å². The van der Waals surface area contributed by atoms with Crippen LogP contribution < -0.4 is 5.32 Å². The Bertz CT molecular complexity index is 1310. The molecule has 1 heterocycles. The summed E-state index contributed by atoms with van der Waals surface area (Å²) in [6.45, 7) is 7.02. The molecule has 1 aromatic heterocycles. The smallest absolute Gasteiger partial charge is 0.224 e. The van der Waals surface area contributed by atoms with E-state index in [0.717, 1.165) is 27.2 Å². The minimum atomic E-state index is -0.506. The van der Waals surface area contributed by atoms with E-state index in [1.165, 1.54) is 5.56 Å². The Hall–Kier alpha value is -3.16. The fourth-order valence-electron chi connectivity index (χ4n) is 4.80. The van der Waals surface area contributed by atoms with E-state index in [-0.39, 0.29) is 29.9 Å². The van der Waals surface area contributed by atoms with Gasteiger partial charge in [-0.2, -0.15) is 0 Å². The number of carbonyl (C=O) groups excluding carboxylic acids is 3. The summed E-state index contributed by atoms with van der Waals surface area (Å²) in [7, 11) is 3.91. The van der Waals surface area contributed by atoms with Crippen LogP contribution in [0.5, 0.6) is 0 Å². The first-order valence-electron chi connectivity index (χ1n) is 14.7. The Morgan fingerprint density at radius 2 is 1.78 bits per heavy atom. The van der Waals surface area contributed by atoms with Gasteiger partial charge in [-0.1, -0.05) is 63.2 Å². The number of nitrogens with one attached hydrogen (secondary N) is 1. The summed E-state index contributed by atoms with van der Waals surface area (Å²) in [4.78, 5) is 45.8. The van der Waals surface area contributed by atoms with Crippen LogP contribution in [0.4, 0.5) is 0 Å². The van der Waals surface area contributed by atoms with Gasteiger partial charge < -0.3 is 10.2 Å². The van der Waals surface area contributed by atoms with Gasteiger partial charge in [-0.15, -0.1) is 11.3 Å². The summed E-state index contributed by atoms with van der Waals surface area (Å²) in [5, 5.41) is 4.09. The average Bonchev–Trinajstić information content (AvgIpc) is 3.33. The van der Waals surface area contributed by atoms with Crippen LogP contribution in [0.3, 0.4) is 0 Å². The molecule has 0 aliphatic rings. The van der Waals surface area contributed by atoms with Gasteiger partial charge in [-0.25, -0.2) is 4.98 Å². The van der Waals surface area contributed by atoms with E-state index < -0.39 is 5.92 Å². The van der Waals surface area contributed by atoms with Crippen LogP contribution in [-0.2, 0) is 27.2 Å². The third kappa shape index (κ3) is 11.0. The molecule has 0 fully saturated rings. The maximum Gasteiger partial charge on any atom is 0.224 e. The largest absolute Gasteiger partial charge is 0.353 e. The molecule has 0 saturated carbocycles. The van der Waals surface area contributed by atoms with Crippen molar-refractivity contribution in [3.8, 4) is 0 Å². The number of aromatic nitrogens is 1.